The van der Waals surface area contributed by atoms with E-state index in [1.807, 2.05) is 0 Å². The molecule has 6 N–H and O–H groups in total. The molecule has 1 aliphatic heterocycles. The molecule has 1 fully saturated rings. The molecular formula is C18H22N2O8S2. The van der Waals surface area contributed by atoms with Crippen LogP contribution in [0.4, 0.5) is 5.69 Å². The number of nitrogens with one attached hydrogen (secondary N) is 1. The number of aliphatic imine (C=N–C) groups is 1. The van der Waals surface area contributed by atoms with Crippen LogP contribution in [0.2, 0.25) is 0 Å². The van der Waals surface area contributed by atoms with Gasteiger partial charge in [0.2, 0.25) is 10.8 Å². The minimum absolute atomic E-state index is 0.420. The highest BCUT2D eigenvalue weighted by Gasteiger charge is 2.55. The number of benzene rings is 1. The number of rotatable bonds is 8. The topological polar surface area (TPSA) is 169 Å². The number of ether oxygens (including phenoxy) is 1. The lowest BCUT2D eigenvalue weighted by Gasteiger charge is -2.46. The smallest absolute Gasteiger partial charge is 0.347 e. The molecular weight excluding hydrogens is 436 g/mol. The summed E-state index contributed by atoms with van der Waals surface area (Å²) in [6.07, 6.45) is -6.81. The lowest BCUT2D eigenvalue weighted by Crippen LogP contribution is -2.66. The summed E-state index contributed by atoms with van der Waals surface area (Å²) in [5.74, 6) is -1.98. The van der Waals surface area contributed by atoms with Crippen molar-refractivity contribution in [2.45, 2.75) is 53.6 Å². The number of hydrogen-bond acceptors (Lipinski definition) is 10. The number of carbonyl (C=O) groups is 2. The Bertz CT molecular complexity index is 817. The van der Waals surface area contributed by atoms with E-state index in [0.29, 0.717) is 10.6 Å². The van der Waals surface area contributed by atoms with E-state index in [0.717, 1.165) is 11.8 Å². The summed E-state index contributed by atoms with van der Waals surface area (Å²) in [4.78, 5) is 25.9. The third-order valence-electron chi connectivity index (χ3n) is 4.48. The minimum atomic E-state index is -2.04. The molecule has 1 saturated heterocycles. The molecule has 0 aliphatic carbocycles. The molecule has 12 heteroatoms. The van der Waals surface area contributed by atoms with Crippen LogP contribution in [0.3, 0.4) is 0 Å². The van der Waals surface area contributed by atoms with Crippen molar-refractivity contribution in [1.29, 1.82) is 0 Å². The van der Waals surface area contributed by atoms with Gasteiger partial charge in [-0.25, -0.2) is 4.79 Å². The maximum Gasteiger partial charge on any atom is 0.347 e. The molecule has 0 unspecified atom stereocenters. The number of isothiocyanates is 1. The summed E-state index contributed by atoms with van der Waals surface area (Å²) in [6.45, 7) is 0.343. The van der Waals surface area contributed by atoms with Crippen LogP contribution in [-0.4, -0.2) is 84.6 Å². The quantitative estimate of drug-likeness (QED) is 0.224. The molecule has 1 aromatic rings. The molecule has 0 bridgehead atoms. The molecule has 30 heavy (non-hydrogen) atoms. The van der Waals surface area contributed by atoms with E-state index in [4.69, 9.17) is 9.84 Å². The fourth-order valence-corrected chi connectivity index (χ4v) is 4.32. The van der Waals surface area contributed by atoms with Crippen LogP contribution >= 0.6 is 24.0 Å². The zero-order valence-corrected chi connectivity index (χ0v) is 17.5. The molecule has 1 heterocycles. The average molecular weight is 459 g/mol. The molecule has 6 atom stereocenters. The van der Waals surface area contributed by atoms with E-state index >= 15 is 0 Å². The van der Waals surface area contributed by atoms with E-state index < -0.39 is 60.3 Å². The number of carboxylic acid groups (broad SMARTS) is 1. The number of aliphatic carboxylic acids is 1. The van der Waals surface area contributed by atoms with Crippen molar-refractivity contribution in [2.24, 2.45) is 4.99 Å². The van der Waals surface area contributed by atoms with Crippen LogP contribution < -0.4 is 5.32 Å². The van der Waals surface area contributed by atoms with Gasteiger partial charge in [-0.05, 0) is 36.5 Å². The third-order valence-corrected chi connectivity index (χ3v) is 5.85. The predicted octanol–water partition coefficient (Wildman–Crippen LogP) is -0.337. The lowest BCUT2D eigenvalue weighted by atomic mass is 9.90. The van der Waals surface area contributed by atoms with Gasteiger partial charge in [-0.2, -0.15) is 4.99 Å². The van der Waals surface area contributed by atoms with Crippen molar-refractivity contribution in [1.82, 2.24) is 5.32 Å². The van der Waals surface area contributed by atoms with Crippen LogP contribution in [0.5, 0.6) is 0 Å². The van der Waals surface area contributed by atoms with E-state index in [1.165, 1.54) is 6.92 Å². The van der Waals surface area contributed by atoms with Crippen LogP contribution in [0.15, 0.2) is 34.2 Å². The second-order valence-electron chi connectivity index (χ2n) is 6.68. The van der Waals surface area contributed by atoms with Gasteiger partial charge >= 0.3 is 5.97 Å². The first kappa shape index (κ1) is 24.4. The molecule has 0 spiro atoms. The van der Waals surface area contributed by atoms with Gasteiger partial charge in [0.1, 0.15) is 18.3 Å². The number of carbonyl (C=O) groups excluding carboxylic acids is 1. The summed E-state index contributed by atoms with van der Waals surface area (Å²) < 4.78 is 5.70. The summed E-state index contributed by atoms with van der Waals surface area (Å²) >= 11 is 5.31. The van der Waals surface area contributed by atoms with Crippen molar-refractivity contribution in [3.05, 3.63) is 24.3 Å². The van der Waals surface area contributed by atoms with Gasteiger partial charge in [-0.3, -0.25) is 4.79 Å². The zero-order valence-electron chi connectivity index (χ0n) is 15.8. The summed E-state index contributed by atoms with van der Waals surface area (Å²) in [5, 5.41) is 54.5. The molecule has 0 aromatic heterocycles. The average Bonchev–Trinajstić information content (AvgIpc) is 2.70. The van der Waals surface area contributed by atoms with Gasteiger partial charge < -0.3 is 35.6 Å². The fraction of sp³-hybridized carbons (Fsp3) is 0.500. The highest BCUT2D eigenvalue weighted by atomic mass is 32.2. The Kier molecular flexibility index (Phi) is 8.47. The minimum Gasteiger partial charge on any atom is -0.478 e. The molecule has 0 saturated carbocycles. The van der Waals surface area contributed by atoms with E-state index in [-0.39, 0.29) is 0 Å². The monoisotopic (exact) mass is 458 g/mol. The normalized spacial score (nSPS) is 28.1. The Morgan fingerprint density at radius 1 is 1.40 bits per heavy atom. The summed E-state index contributed by atoms with van der Waals surface area (Å²) in [5.41, 5.74) is 0.508. The van der Waals surface area contributed by atoms with Gasteiger partial charge in [0.25, 0.3) is 0 Å². The largest absolute Gasteiger partial charge is 0.478 e. The first-order valence-electron chi connectivity index (χ1n) is 8.84. The van der Waals surface area contributed by atoms with E-state index in [1.54, 1.807) is 24.3 Å². The van der Waals surface area contributed by atoms with Crippen molar-refractivity contribution in [2.75, 3.05) is 6.61 Å². The number of carboxylic acids is 1. The second-order valence-corrected chi connectivity index (χ2v) is 8.20. The Labute approximate surface area is 181 Å². The number of hydrogen-bond donors (Lipinski definition) is 6. The molecule has 1 aliphatic rings. The predicted molar refractivity (Wildman–Crippen MR) is 110 cm³/mol. The number of aliphatic hydroxyl groups excluding tert-OH is 4. The Hall–Kier alpha value is -1.89. The Morgan fingerprint density at radius 2 is 2.03 bits per heavy atom. The number of thioether (sulfide) groups is 1. The van der Waals surface area contributed by atoms with Crippen molar-refractivity contribution >= 4 is 46.7 Å². The maximum absolute atomic E-state index is 12.2. The van der Waals surface area contributed by atoms with Crippen LogP contribution in [0, 0.1) is 0 Å². The summed E-state index contributed by atoms with van der Waals surface area (Å²) in [6, 6.07) is 5.11. The van der Waals surface area contributed by atoms with Gasteiger partial charge in [0.05, 0.1) is 29.6 Å². The third kappa shape index (κ3) is 5.62. The number of thiocarbonyl (C=S) groups is 1. The highest BCUT2D eigenvalue weighted by Crippen LogP contribution is 2.44. The highest BCUT2D eigenvalue weighted by molar-refractivity contribution is 8.01. The Morgan fingerprint density at radius 3 is 2.53 bits per heavy atom. The fourth-order valence-electron chi connectivity index (χ4n) is 3.06. The van der Waals surface area contributed by atoms with Gasteiger partial charge in [-0.15, -0.1) is 0 Å². The maximum atomic E-state index is 12.2. The lowest BCUT2D eigenvalue weighted by molar-refractivity contribution is -0.205. The number of nitrogens with zero attached hydrogens (tertiary/aromatic N) is 1. The first-order valence-corrected chi connectivity index (χ1v) is 10.1. The van der Waals surface area contributed by atoms with Crippen LogP contribution in [-0.2, 0) is 14.3 Å². The molecule has 2 rings (SSSR count). The molecule has 0 radical (unpaired) electrons. The SMILES string of the molecule is CC(=O)N[C@H]1[C@H]([C@H](O)[C@H](O)CO)O[C@@](Sc2ccc(N=C=S)cc2)(C(=O)O)C[C@@H]1O. The van der Waals surface area contributed by atoms with Crippen LogP contribution in [0.1, 0.15) is 13.3 Å². The van der Waals surface area contributed by atoms with Crippen molar-refractivity contribution < 1.29 is 39.9 Å². The van der Waals surface area contributed by atoms with Crippen molar-refractivity contribution in [3.63, 3.8) is 0 Å². The molecule has 164 valence electrons. The number of amides is 1. The zero-order chi connectivity index (χ0) is 22.5. The van der Waals surface area contributed by atoms with Gasteiger partial charge in [0, 0.05) is 18.2 Å². The van der Waals surface area contributed by atoms with Crippen molar-refractivity contribution in [3.8, 4) is 0 Å². The second kappa shape index (κ2) is 10.4. The summed E-state index contributed by atoms with van der Waals surface area (Å²) in [7, 11) is 0. The molecule has 1 aromatic carbocycles. The first-order chi connectivity index (χ1) is 14.1. The van der Waals surface area contributed by atoms with Gasteiger partial charge in [0.15, 0.2) is 0 Å². The standard InChI is InChI=1S/C18H22N2O8S2/c1-9(22)20-14-12(23)6-18(17(26)27,28-16(14)15(25)13(24)7-21)30-11-4-2-10(3-5-11)19-8-29/h2-5,12-16,21,23-25H,6-7H2,1H3,(H,20,22)(H,26,27)/t12-,13+,14+,15+,16+,18-/m0/s1. The van der Waals surface area contributed by atoms with Crippen LogP contribution in [0.25, 0.3) is 0 Å². The molecule has 10 nitrogen and oxygen atoms in total. The number of aliphatic hydroxyl groups is 4. The van der Waals surface area contributed by atoms with Gasteiger partial charge in [-0.1, -0.05) is 11.8 Å². The molecule has 1 amide bonds. The van der Waals surface area contributed by atoms with E-state index in [9.17, 15) is 30.0 Å². The van der Waals surface area contributed by atoms with E-state index in [2.05, 4.69) is 27.7 Å². The Balaban J connectivity index is 2.39.